The second kappa shape index (κ2) is 6.33. The van der Waals surface area contributed by atoms with Crippen molar-refractivity contribution in [2.24, 2.45) is 0 Å². The van der Waals surface area contributed by atoms with Gasteiger partial charge in [-0.3, -0.25) is 4.79 Å². The summed E-state index contributed by atoms with van der Waals surface area (Å²) >= 11 is 11.8. The Hall–Kier alpha value is -1.78. The summed E-state index contributed by atoms with van der Waals surface area (Å²) in [6, 6.07) is 8.89. The van der Waals surface area contributed by atoms with Crippen molar-refractivity contribution in [1.82, 2.24) is 4.90 Å². The van der Waals surface area contributed by atoms with Gasteiger partial charge in [0.15, 0.2) is 0 Å². The zero-order chi connectivity index (χ0) is 15.6. The smallest absolute Gasteiger partial charge is 0.254 e. The number of nitrogens with two attached hydrogens (primary N) is 1. The number of rotatable bonds is 3. The number of hydrogen-bond acceptors (Lipinski definition) is 2. The molecule has 0 heterocycles. The van der Waals surface area contributed by atoms with Crippen LogP contribution in [-0.2, 0) is 6.54 Å². The second-order valence-corrected chi connectivity index (χ2v) is 5.50. The molecule has 0 spiro atoms. The number of carbonyl (C=O) groups excluding carboxylic acids is 1. The summed E-state index contributed by atoms with van der Waals surface area (Å²) < 4.78 is 13.3. The minimum Gasteiger partial charge on any atom is -0.399 e. The molecule has 0 unspecified atom stereocenters. The first-order valence-corrected chi connectivity index (χ1v) is 6.88. The fraction of sp³-hybridized carbons (Fsp3) is 0.133. The minimum atomic E-state index is -0.540. The van der Waals surface area contributed by atoms with Crippen LogP contribution in [0.2, 0.25) is 10.0 Å². The average molecular weight is 327 g/mol. The summed E-state index contributed by atoms with van der Waals surface area (Å²) in [4.78, 5) is 13.7. The van der Waals surface area contributed by atoms with Gasteiger partial charge in [-0.1, -0.05) is 29.3 Å². The molecule has 0 fully saturated rings. The molecule has 0 radical (unpaired) electrons. The van der Waals surface area contributed by atoms with Crippen LogP contribution in [0.5, 0.6) is 0 Å². The van der Waals surface area contributed by atoms with E-state index in [-0.39, 0.29) is 17.2 Å². The Morgan fingerprint density at radius 1 is 1.19 bits per heavy atom. The Kier molecular flexibility index (Phi) is 4.70. The Morgan fingerprint density at radius 2 is 1.90 bits per heavy atom. The Bertz CT molecular complexity index is 671. The van der Waals surface area contributed by atoms with Gasteiger partial charge in [-0.2, -0.15) is 0 Å². The van der Waals surface area contributed by atoms with Crippen molar-refractivity contribution in [3.63, 3.8) is 0 Å². The molecule has 2 aromatic carbocycles. The summed E-state index contributed by atoms with van der Waals surface area (Å²) in [6.45, 7) is 0.326. The van der Waals surface area contributed by atoms with Crippen molar-refractivity contribution >= 4 is 34.8 Å². The number of benzene rings is 2. The summed E-state index contributed by atoms with van der Waals surface area (Å²) in [5.41, 5.74) is 6.78. The van der Waals surface area contributed by atoms with Crippen LogP contribution in [0.15, 0.2) is 36.4 Å². The van der Waals surface area contributed by atoms with Crippen LogP contribution in [0.1, 0.15) is 15.9 Å². The van der Waals surface area contributed by atoms with E-state index in [9.17, 15) is 9.18 Å². The maximum Gasteiger partial charge on any atom is 0.254 e. The first-order valence-electron chi connectivity index (χ1n) is 6.12. The maximum atomic E-state index is 13.3. The number of carbonyl (C=O) groups is 1. The highest BCUT2D eigenvalue weighted by atomic mass is 35.5. The standard InChI is InChI=1S/C15H13Cl2FN2O/c1-20(8-9-2-3-13(16)14(17)4-9)15(21)10-5-11(18)7-12(19)6-10/h2-7H,8,19H2,1H3. The fourth-order valence-electron chi connectivity index (χ4n) is 1.94. The number of nitrogens with zero attached hydrogens (tertiary/aromatic N) is 1. The molecule has 0 aromatic heterocycles. The van der Waals surface area contributed by atoms with Crippen LogP contribution in [0.25, 0.3) is 0 Å². The molecule has 3 nitrogen and oxygen atoms in total. The highest BCUT2D eigenvalue weighted by Crippen LogP contribution is 2.23. The molecule has 2 rings (SSSR count). The molecule has 0 aliphatic heterocycles. The van der Waals surface area contributed by atoms with Crippen molar-refractivity contribution in [2.45, 2.75) is 6.54 Å². The van der Waals surface area contributed by atoms with Crippen LogP contribution >= 0.6 is 23.2 Å². The molecule has 2 N–H and O–H groups in total. The third-order valence-corrected chi connectivity index (χ3v) is 3.66. The Balaban J connectivity index is 2.17. The number of hydrogen-bond donors (Lipinski definition) is 1. The number of amides is 1. The molecule has 0 atom stereocenters. The summed E-state index contributed by atoms with van der Waals surface area (Å²) in [5, 5.41) is 0.873. The molecule has 21 heavy (non-hydrogen) atoms. The summed E-state index contributed by atoms with van der Waals surface area (Å²) in [6.07, 6.45) is 0. The third kappa shape index (κ3) is 3.86. The molecule has 6 heteroatoms. The highest BCUT2D eigenvalue weighted by molar-refractivity contribution is 6.42. The van der Waals surface area contributed by atoms with Crippen LogP contribution < -0.4 is 5.73 Å². The molecule has 0 saturated carbocycles. The molecule has 0 aliphatic carbocycles. The number of anilines is 1. The maximum absolute atomic E-state index is 13.3. The zero-order valence-corrected chi connectivity index (χ0v) is 12.7. The Labute approximate surface area is 132 Å². The van der Waals surface area contributed by atoms with Gasteiger partial charge in [-0.15, -0.1) is 0 Å². The van der Waals surface area contributed by atoms with E-state index >= 15 is 0 Å². The quantitative estimate of drug-likeness (QED) is 0.867. The van der Waals surface area contributed by atoms with E-state index in [0.29, 0.717) is 16.6 Å². The molecular formula is C15H13Cl2FN2O. The largest absolute Gasteiger partial charge is 0.399 e. The van der Waals surface area contributed by atoms with Gasteiger partial charge in [0.1, 0.15) is 5.82 Å². The lowest BCUT2D eigenvalue weighted by Gasteiger charge is -2.18. The number of halogens is 3. The average Bonchev–Trinajstić information content (AvgIpc) is 2.41. The van der Waals surface area contributed by atoms with Gasteiger partial charge in [0.05, 0.1) is 10.0 Å². The molecule has 0 aliphatic rings. The van der Waals surface area contributed by atoms with Crippen molar-refractivity contribution < 1.29 is 9.18 Å². The predicted molar refractivity (Wildman–Crippen MR) is 83.1 cm³/mol. The van der Waals surface area contributed by atoms with E-state index in [1.165, 1.54) is 11.0 Å². The van der Waals surface area contributed by atoms with Crippen molar-refractivity contribution in [3.8, 4) is 0 Å². The SMILES string of the molecule is CN(Cc1ccc(Cl)c(Cl)c1)C(=O)c1cc(N)cc(F)c1. The normalized spacial score (nSPS) is 10.5. The fourth-order valence-corrected chi connectivity index (χ4v) is 2.26. The van der Waals surface area contributed by atoms with Gasteiger partial charge in [0.25, 0.3) is 5.91 Å². The van der Waals surface area contributed by atoms with E-state index in [0.717, 1.165) is 17.7 Å². The van der Waals surface area contributed by atoms with Crippen LogP contribution in [0, 0.1) is 5.82 Å². The lowest BCUT2D eigenvalue weighted by molar-refractivity contribution is 0.0784. The molecule has 1 amide bonds. The molecule has 2 aromatic rings. The van der Waals surface area contributed by atoms with Gasteiger partial charge in [-0.25, -0.2) is 4.39 Å². The van der Waals surface area contributed by atoms with E-state index in [1.54, 1.807) is 25.2 Å². The van der Waals surface area contributed by atoms with Gasteiger partial charge in [-0.05, 0) is 35.9 Å². The molecule has 0 saturated heterocycles. The van der Waals surface area contributed by atoms with E-state index < -0.39 is 5.82 Å². The lowest BCUT2D eigenvalue weighted by atomic mass is 10.1. The van der Waals surface area contributed by atoms with Gasteiger partial charge < -0.3 is 10.6 Å². The topological polar surface area (TPSA) is 46.3 Å². The first kappa shape index (κ1) is 15.6. The van der Waals surface area contributed by atoms with Crippen molar-refractivity contribution in [2.75, 3.05) is 12.8 Å². The number of nitrogen functional groups attached to an aromatic ring is 1. The zero-order valence-electron chi connectivity index (χ0n) is 11.2. The third-order valence-electron chi connectivity index (χ3n) is 2.92. The van der Waals surface area contributed by atoms with Gasteiger partial charge >= 0.3 is 0 Å². The monoisotopic (exact) mass is 326 g/mol. The van der Waals surface area contributed by atoms with E-state index in [2.05, 4.69) is 0 Å². The molecule has 110 valence electrons. The predicted octanol–water partition coefficient (Wildman–Crippen LogP) is 3.99. The van der Waals surface area contributed by atoms with Crippen LogP contribution in [0.3, 0.4) is 0 Å². The summed E-state index contributed by atoms with van der Waals surface area (Å²) in [5.74, 6) is -0.867. The Morgan fingerprint density at radius 3 is 2.52 bits per heavy atom. The lowest BCUT2D eigenvalue weighted by Crippen LogP contribution is -2.26. The van der Waals surface area contributed by atoms with E-state index in [4.69, 9.17) is 28.9 Å². The highest BCUT2D eigenvalue weighted by Gasteiger charge is 2.14. The van der Waals surface area contributed by atoms with Crippen molar-refractivity contribution in [3.05, 3.63) is 63.4 Å². The van der Waals surface area contributed by atoms with Crippen molar-refractivity contribution in [1.29, 1.82) is 0 Å². The molecule has 0 bridgehead atoms. The van der Waals surface area contributed by atoms with Gasteiger partial charge in [0, 0.05) is 24.8 Å². The second-order valence-electron chi connectivity index (χ2n) is 4.68. The van der Waals surface area contributed by atoms with Gasteiger partial charge in [0.2, 0.25) is 0 Å². The van der Waals surface area contributed by atoms with Crippen LogP contribution in [-0.4, -0.2) is 17.9 Å². The van der Waals surface area contributed by atoms with Crippen LogP contribution in [0.4, 0.5) is 10.1 Å². The summed E-state index contributed by atoms with van der Waals surface area (Å²) in [7, 11) is 1.62. The molecular weight excluding hydrogens is 314 g/mol. The minimum absolute atomic E-state index is 0.204. The van der Waals surface area contributed by atoms with E-state index in [1.807, 2.05) is 0 Å². The first-order chi connectivity index (χ1) is 9.86.